The highest BCUT2D eigenvalue weighted by atomic mass is 35.5. The molecule has 2 aromatic carbocycles. The van der Waals surface area contributed by atoms with Gasteiger partial charge in [0.25, 0.3) is 0 Å². The van der Waals surface area contributed by atoms with E-state index in [0.717, 1.165) is 28.3 Å². The molecule has 1 fully saturated rings. The number of carbonyl (C=O) groups excluding carboxylic acids is 1. The van der Waals surface area contributed by atoms with Crippen LogP contribution in [0.4, 0.5) is 23.1 Å². The third kappa shape index (κ3) is 6.73. The summed E-state index contributed by atoms with van der Waals surface area (Å²) >= 11 is 7.00. The summed E-state index contributed by atoms with van der Waals surface area (Å²) in [5.41, 5.74) is -0.191. The summed E-state index contributed by atoms with van der Waals surface area (Å²) in [6.07, 6.45) is -2.27. The maximum Gasteiger partial charge on any atom is 0.417 e. The largest absolute Gasteiger partial charge is 0.492 e. The number of carbonyl (C=O) groups is 1. The van der Waals surface area contributed by atoms with Crippen molar-refractivity contribution in [2.75, 3.05) is 31.1 Å². The van der Waals surface area contributed by atoms with Gasteiger partial charge in [-0.1, -0.05) is 35.1 Å². The molecule has 1 aliphatic rings. The molecule has 4 aromatic rings. The molecule has 1 atom stereocenters. The Morgan fingerprint density at radius 3 is 2.67 bits per heavy atom. The van der Waals surface area contributed by atoms with Crippen LogP contribution in [-0.2, 0) is 10.9 Å². The normalized spacial score (nSPS) is 16.7. The van der Waals surface area contributed by atoms with Crippen LogP contribution in [0.3, 0.4) is 0 Å². The molecular formula is C29H29ClF3N5O4S. The van der Waals surface area contributed by atoms with E-state index in [0.29, 0.717) is 22.8 Å². The fourth-order valence-electron chi connectivity index (χ4n) is 4.80. The monoisotopic (exact) mass is 635 g/mol. The SMILES string of the molecule is CC(C)(C)OC(=O)N1CCN(c2nc(O)c(C(=Cc3ccc(Cl)cc3C(F)(F)F)c3ccc4[nH]ncc4c3)s2)C[C@H]1CO. The Morgan fingerprint density at radius 1 is 1.21 bits per heavy atom. The minimum absolute atomic E-state index is 0.0577. The Balaban J connectivity index is 1.54. The van der Waals surface area contributed by atoms with E-state index in [9.17, 15) is 28.2 Å². The number of aliphatic hydroxyl groups is 1. The van der Waals surface area contributed by atoms with Gasteiger partial charge in [-0.25, -0.2) is 4.79 Å². The van der Waals surface area contributed by atoms with Crippen molar-refractivity contribution in [1.29, 1.82) is 0 Å². The third-order valence-corrected chi connectivity index (χ3v) is 8.18. The van der Waals surface area contributed by atoms with Crippen molar-refractivity contribution in [3.05, 3.63) is 69.2 Å². The second-order valence-electron chi connectivity index (χ2n) is 11.1. The molecule has 1 aliphatic heterocycles. The molecule has 3 N–H and O–H groups in total. The van der Waals surface area contributed by atoms with Crippen LogP contribution in [0.5, 0.6) is 5.88 Å². The average molecular weight is 636 g/mol. The number of benzene rings is 2. The molecule has 5 rings (SSSR count). The lowest BCUT2D eigenvalue weighted by molar-refractivity contribution is -0.137. The molecule has 0 bridgehead atoms. The van der Waals surface area contributed by atoms with Gasteiger partial charge in [0.05, 0.1) is 29.9 Å². The predicted octanol–water partition coefficient (Wildman–Crippen LogP) is 6.40. The Morgan fingerprint density at radius 2 is 1.98 bits per heavy atom. The zero-order valence-corrected chi connectivity index (χ0v) is 25.0. The van der Waals surface area contributed by atoms with Crippen molar-refractivity contribution in [1.82, 2.24) is 20.1 Å². The molecule has 1 saturated heterocycles. The molecule has 9 nitrogen and oxygen atoms in total. The summed E-state index contributed by atoms with van der Waals surface area (Å²) in [4.78, 5) is 20.6. The molecule has 0 saturated carbocycles. The summed E-state index contributed by atoms with van der Waals surface area (Å²) in [7, 11) is 0. The van der Waals surface area contributed by atoms with Crippen LogP contribution in [0, 0.1) is 0 Å². The van der Waals surface area contributed by atoms with Gasteiger partial charge in [0.1, 0.15) is 10.5 Å². The van der Waals surface area contributed by atoms with Crippen LogP contribution in [-0.4, -0.2) is 74.3 Å². The number of nitrogens with zero attached hydrogens (tertiary/aromatic N) is 4. The lowest BCUT2D eigenvalue weighted by Gasteiger charge is -2.40. The smallest absolute Gasteiger partial charge is 0.417 e. The van der Waals surface area contributed by atoms with Crippen LogP contribution in [0.2, 0.25) is 5.02 Å². The van der Waals surface area contributed by atoms with Crippen LogP contribution in [0.15, 0.2) is 42.6 Å². The first-order chi connectivity index (χ1) is 20.2. The summed E-state index contributed by atoms with van der Waals surface area (Å²) in [5.74, 6) is -0.365. The van der Waals surface area contributed by atoms with Gasteiger partial charge in [0.15, 0.2) is 5.13 Å². The van der Waals surface area contributed by atoms with E-state index in [1.54, 1.807) is 45.2 Å². The Bertz CT molecular complexity index is 1680. The number of aromatic amines is 1. The maximum atomic E-state index is 14.0. The number of hydrogen-bond acceptors (Lipinski definition) is 8. The number of hydrogen-bond donors (Lipinski definition) is 3. The van der Waals surface area contributed by atoms with E-state index in [-0.39, 0.29) is 41.0 Å². The number of amides is 1. The van der Waals surface area contributed by atoms with Crippen LogP contribution in [0.25, 0.3) is 22.6 Å². The number of ether oxygens (including phenoxy) is 1. The van der Waals surface area contributed by atoms with Crippen LogP contribution >= 0.6 is 22.9 Å². The molecular weight excluding hydrogens is 607 g/mol. The van der Waals surface area contributed by atoms with Gasteiger partial charge in [-0.15, -0.1) is 0 Å². The third-order valence-electron chi connectivity index (χ3n) is 6.81. The number of nitrogens with one attached hydrogen (secondary N) is 1. The fraction of sp³-hybridized carbons (Fsp3) is 0.345. The highest BCUT2D eigenvalue weighted by molar-refractivity contribution is 7.17. The number of H-pyrrole nitrogens is 1. The number of aromatic hydroxyl groups is 1. The number of aromatic nitrogens is 3. The second kappa shape index (κ2) is 11.7. The van der Waals surface area contributed by atoms with Crippen molar-refractivity contribution in [2.45, 2.75) is 38.6 Å². The van der Waals surface area contributed by atoms with Crippen molar-refractivity contribution in [3.8, 4) is 5.88 Å². The summed E-state index contributed by atoms with van der Waals surface area (Å²) in [5, 5.41) is 29.0. The minimum atomic E-state index is -4.68. The van der Waals surface area contributed by atoms with Crippen molar-refractivity contribution >= 4 is 56.7 Å². The van der Waals surface area contributed by atoms with E-state index in [2.05, 4.69) is 15.2 Å². The standard InChI is InChI=1S/C29H29ClF3N5O4S/c1-28(2,3)42-27(41)38-9-8-37(14-20(38)15-39)26-35-25(40)24(43-26)21(16-5-7-23-18(10-16)13-34-36-23)11-17-4-6-19(30)12-22(17)29(31,32)33/h4-7,10-13,20,39-40H,8-9,14-15H2,1-3H3,(H,34,36)/t20-/m0/s1. The predicted molar refractivity (Wildman–Crippen MR) is 159 cm³/mol. The van der Waals surface area contributed by atoms with E-state index in [4.69, 9.17) is 16.3 Å². The number of rotatable bonds is 5. The summed E-state index contributed by atoms with van der Waals surface area (Å²) in [6.45, 7) is 5.71. The van der Waals surface area contributed by atoms with Crippen molar-refractivity contribution in [3.63, 3.8) is 0 Å². The molecule has 1 amide bonds. The lowest BCUT2D eigenvalue weighted by atomic mass is 9.98. The quantitative estimate of drug-likeness (QED) is 0.217. The fourth-order valence-corrected chi connectivity index (χ4v) is 6.01. The van der Waals surface area contributed by atoms with Gasteiger partial charge in [0, 0.05) is 35.6 Å². The molecule has 3 heterocycles. The van der Waals surface area contributed by atoms with E-state index >= 15 is 0 Å². The van der Waals surface area contributed by atoms with Gasteiger partial charge in [-0.2, -0.15) is 23.3 Å². The van der Waals surface area contributed by atoms with Crippen LogP contribution in [0.1, 0.15) is 42.3 Å². The minimum Gasteiger partial charge on any atom is -0.492 e. The number of piperazine rings is 1. The van der Waals surface area contributed by atoms with Crippen LogP contribution < -0.4 is 4.90 Å². The molecule has 0 aliphatic carbocycles. The zero-order valence-electron chi connectivity index (χ0n) is 23.4. The number of halogens is 4. The highest BCUT2D eigenvalue weighted by Gasteiger charge is 2.35. The summed E-state index contributed by atoms with van der Waals surface area (Å²) < 4.78 is 47.5. The summed E-state index contributed by atoms with van der Waals surface area (Å²) in [6, 6.07) is 8.14. The molecule has 0 radical (unpaired) electrons. The van der Waals surface area contributed by atoms with Gasteiger partial charge in [-0.3, -0.25) is 10.00 Å². The van der Waals surface area contributed by atoms with E-state index < -0.39 is 29.5 Å². The van der Waals surface area contributed by atoms with Crippen molar-refractivity contribution < 1.29 is 32.9 Å². The average Bonchev–Trinajstić information content (AvgIpc) is 3.56. The lowest BCUT2D eigenvalue weighted by Crippen LogP contribution is -2.57. The topological polar surface area (TPSA) is 115 Å². The van der Waals surface area contributed by atoms with Gasteiger partial charge < -0.3 is 19.8 Å². The van der Waals surface area contributed by atoms with E-state index in [1.807, 2.05) is 4.90 Å². The maximum absolute atomic E-state index is 14.0. The van der Waals surface area contributed by atoms with Gasteiger partial charge >= 0.3 is 12.3 Å². The first kappa shape index (κ1) is 30.6. The molecule has 0 spiro atoms. The number of aliphatic hydroxyl groups excluding tert-OH is 1. The first-order valence-electron chi connectivity index (χ1n) is 13.3. The number of alkyl halides is 3. The van der Waals surface area contributed by atoms with Gasteiger partial charge in [-0.05, 0) is 62.2 Å². The van der Waals surface area contributed by atoms with Crippen molar-refractivity contribution in [2.24, 2.45) is 0 Å². The van der Waals surface area contributed by atoms with Gasteiger partial charge in [0.2, 0.25) is 5.88 Å². The second-order valence-corrected chi connectivity index (χ2v) is 12.5. The number of anilines is 1. The molecule has 14 heteroatoms. The number of fused-ring (bicyclic) bond motifs is 1. The zero-order chi connectivity index (χ0) is 31.1. The Labute approximate surface area is 254 Å². The highest BCUT2D eigenvalue weighted by Crippen LogP contribution is 2.42. The molecule has 228 valence electrons. The number of thiazole rings is 1. The Hall–Kier alpha value is -3.81. The molecule has 0 unspecified atom stereocenters. The first-order valence-corrected chi connectivity index (χ1v) is 14.5. The molecule has 43 heavy (non-hydrogen) atoms. The van der Waals surface area contributed by atoms with E-state index in [1.165, 1.54) is 23.1 Å². The molecule has 2 aromatic heterocycles. The Kier molecular flexibility index (Phi) is 8.34.